The number of nitrogens with one attached hydrogen (secondary N) is 1. The maximum Gasteiger partial charge on any atom is 0.219 e. The molecule has 1 amide bonds. The van der Waals surface area contributed by atoms with Gasteiger partial charge in [-0.3, -0.25) is 14.8 Å². The van der Waals surface area contributed by atoms with Crippen molar-refractivity contribution in [2.24, 2.45) is 0 Å². The quantitative estimate of drug-likeness (QED) is 0.769. The lowest BCUT2D eigenvalue weighted by Gasteiger charge is -2.28. The summed E-state index contributed by atoms with van der Waals surface area (Å²) >= 11 is 0. The Balaban J connectivity index is 1.70. The molecular weight excluding hydrogens is 340 g/mol. The first-order valence-electron chi connectivity index (χ1n) is 8.90. The van der Waals surface area contributed by atoms with Crippen LogP contribution in [0.5, 0.6) is 0 Å². The number of aromatic nitrogens is 4. The van der Waals surface area contributed by atoms with E-state index in [-0.39, 0.29) is 5.91 Å². The number of pyridine rings is 2. The molecule has 0 radical (unpaired) electrons. The van der Waals surface area contributed by atoms with Crippen molar-refractivity contribution in [1.29, 1.82) is 0 Å². The Bertz CT molecular complexity index is 945. The summed E-state index contributed by atoms with van der Waals surface area (Å²) in [5.74, 6) is 1.42. The second-order valence-electron chi connectivity index (χ2n) is 6.44. The van der Waals surface area contributed by atoms with E-state index in [1.807, 2.05) is 41.4 Å². The Morgan fingerprint density at radius 3 is 2.85 bits per heavy atom. The third-order valence-electron chi connectivity index (χ3n) is 4.59. The van der Waals surface area contributed by atoms with E-state index in [1.165, 1.54) is 0 Å². The zero-order valence-corrected chi connectivity index (χ0v) is 15.1. The van der Waals surface area contributed by atoms with E-state index in [0.717, 1.165) is 29.1 Å². The van der Waals surface area contributed by atoms with Gasteiger partial charge in [0, 0.05) is 44.2 Å². The summed E-state index contributed by atoms with van der Waals surface area (Å²) in [5.41, 5.74) is 3.73. The topological polar surface area (TPSA) is 83.9 Å². The molecule has 0 unspecified atom stereocenters. The Morgan fingerprint density at radius 2 is 2.11 bits per heavy atom. The van der Waals surface area contributed by atoms with Crippen molar-refractivity contribution in [3.05, 3.63) is 65.7 Å². The second kappa shape index (κ2) is 7.49. The molecule has 3 aromatic heterocycles. The van der Waals surface area contributed by atoms with Crippen molar-refractivity contribution < 1.29 is 4.79 Å². The van der Waals surface area contributed by atoms with Gasteiger partial charge in [0.1, 0.15) is 11.5 Å². The molecule has 0 fully saturated rings. The zero-order chi connectivity index (χ0) is 18.6. The number of hydrogen-bond acceptors (Lipinski definition) is 6. The van der Waals surface area contributed by atoms with E-state index in [9.17, 15) is 4.79 Å². The Labute approximate surface area is 157 Å². The lowest BCUT2D eigenvalue weighted by Crippen LogP contribution is -2.35. The van der Waals surface area contributed by atoms with E-state index < -0.39 is 0 Å². The van der Waals surface area contributed by atoms with Gasteiger partial charge in [0.15, 0.2) is 5.82 Å². The van der Waals surface area contributed by atoms with Gasteiger partial charge in [-0.05, 0) is 30.2 Å². The Hall–Kier alpha value is -3.35. The lowest BCUT2D eigenvalue weighted by atomic mass is 10.0. The second-order valence-corrected chi connectivity index (χ2v) is 6.44. The van der Waals surface area contributed by atoms with E-state index in [4.69, 9.17) is 9.97 Å². The van der Waals surface area contributed by atoms with Crippen molar-refractivity contribution in [1.82, 2.24) is 24.8 Å². The van der Waals surface area contributed by atoms with Crippen LogP contribution in [0.3, 0.4) is 0 Å². The van der Waals surface area contributed by atoms with E-state index in [0.29, 0.717) is 31.2 Å². The average molecular weight is 360 g/mol. The molecule has 0 saturated heterocycles. The van der Waals surface area contributed by atoms with Gasteiger partial charge >= 0.3 is 0 Å². The van der Waals surface area contributed by atoms with Crippen LogP contribution in [0.4, 0.5) is 5.82 Å². The van der Waals surface area contributed by atoms with Crippen molar-refractivity contribution in [3.8, 4) is 11.5 Å². The predicted molar refractivity (Wildman–Crippen MR) is 102 cm³/mol. The third-order valence-corrected chi connectivity index (χ3v) is 4.59. The van der Waals surface area contributed by atoms with Gasteiger partial charge in [0.25, 0.3) is 0 Å². The van der Waals surface area contributed by atoms with Crippen LogP contribution in [0.1, 0.15) is 23.7 Å². The molecule has 4 rings (SSSR count). The molecule has 1 N–H and O–H groups in total. The number of rotatable bonds is 4. The summed E-state index contributed by atoms with van der Waals surface area (Å²) in [7, 11) is 0. The van der Waals surface area contributed by atoms with Crippen LogP contribution in [0.15, 0.2) is 48.9 Å². The number of anilines is 1. The highest BCUT2D eigenvalue weighted by molar-refractivity contribution is 5.74. The summed E-state index contributed by atoms with van der Waals surface area (Å²) < 4.78 is 0. The van der Waals surface area contributed by atoms with Crippen LogP contribution in [0.25, 0.3) is 11.5 Å². The zero-order valence-electron chi connectivity index (χ0n) is 15.1. The van der Waals surface area contributed by atoms with Gasteiger partial charge in [-0.1, -0.05) is 12.1 Å². The molecule has 3 aromatic rings. The SMILES string of the molecule is CC(=O)N1CCc2c(nc(-c3ccccn3)nc2NCc2cccnc2)C1. The number of hydrogen-bond donors (Lipinski definition) is 1. The summed E-state index contributed by atoms with van der Waals surface area (Å²) in [6, 6.07) is 9.59. The van der Waals surface area contributed by atoms with Gasteiger partial charge in [0.2, 0.25) is 5.91 Å². The van der Waals surface area contributed by atoms with E-state index in [2.05, 4.69) is 15.3 Å². The van der Waals surface area contributed by atoms with Crippen LogP contribution < -0.4 is 5.32 Å². The van der Waals surface area contributed by atoms with Crippen molar-refractivity contribution in [2.45, 2.75) is 26.4 Å². The maximum absolute atomic E-state index is 11.8. The van der Waals surface area contributed by atoms with Crippen molar-refractivity contribution in [3.63, 3.8) is 0 Å². The van der Waals surface area contributed by atoms with Crippen LogP contribution in [0, 0.1) is 0 Å². The molecule has 4 heterocycles. The van der Waals surface area contributed by atoms with Gasteiger partial charge in [-0.25, -0.2) is 9.97 Å². The molecule has 0 aliphatic carbocycles. The molecule has 0 aromatic carbocycles. The molecule has 1 aliphatic heterocycles. The molecule has 7 nitrogen and oxygen atoms in total. The van der Waals surface area contributed by atoms with E-state index >= 15 is 0 Å². The fourth-order valence-corrected chi connectivity index (χ4v) is 3.14. The standard InChI is InChI=1S/C20H20N6O/c1-14(27)26-10-7-16-18(13-26)24-20(17-6-2-3-9-22-17)25-19(16)23-12-15-5-4-8-21-11-15/h2-6,8-9,11H,7,10,12-13H2,1H3,(H,23,24,25). The largest absolute Gasteiger partial charge is 0.366 e. The third kappa shape index (κ3) is 3.76. The summed E-state index contributed by atoms with van der Waals surface area (Å²) in [4.78, 5) is 31.6. The monoisotopic (exact) mass is 360 g/mol. The number of amides is 1. The minimum absolute atomic E-state index is 0.0588. The van der Waals surface area contributed by atoms with Gasteiger partial charge in [-0.15, -0.1) is 0 Å². The highest BCUT2D eigenvalue weighted by Gasteiger charge is 2.24. The minimum Gasteiger partial charge on any atom is -0.366 e. The first kappa shape index (κ1) is 17.1. The molecular formula is C20H20N6O. The highest BCUT2D eigenvalue weighted by Crippen LogP contribution is 2.27. The maximum atomic E-state index is 11.8. The number of fused-ring (bicyclic) bond motifs is 1. The molecule has 7 heteroatoms. The Morgan fingerprint density at radius 1 is 1.19 bits per heavy atom. The van der Waals surface area contributed by atoms with Gasteiger partial charge in [0.05, 0.1) is 12.2 Å². The first-order valence-corrected chi connectivity index (χ1v) is 8.90. The molecule has 136 valence electrons. The molecule has 0 bridgehead atoms. The minimum atomic E-state index is 0.0588. The number of carbonyl (C=O) groups is 1. The molecule has 0 atom stereocenters. The van der Waals surface area contributed by atoms with Crippen molar-refractivity contribution in [2.75, 3.05) is 11.9 Å². The summed E-state index contributed by atoms with van der Waals surface area (Å²) in [5, 5.41) is 3.42. The predicted octanol–water partition coefficient (Wildman–Crippen LogP) is 2.45. The average Bonchev–Trinajstić information content (AvgIpc) is 2.72. The smallest absolute Gasteiger partial charge is 0.219 e. The lowest BCUT2D eigenvalue weighted by molar-refractivity contribution is -0.129. The molecule has 0 spiro atoms. The Kier molecular flexibility index (Phi) is 4.74. The summed E-state index contributed by atoms with van der Waals surface area (Å²) in [6.07, 6.45) is 6.04. The molecule has 1 aliphatic rings. The number of nitrogens with zero attached hydrogens (tertiary/aromatic N) is 5. The van der Waals surface area contributed by atoms with Crippen LogP contribution in [-0.4, -0.2) is 37.3 Å². The fourth-order valence-electron chi connectivity index (χ4n) is 3.14. The normalized spacial score (nSPS) is 13.1. The molecule has 0 saturated carbocycles. The van der Waals surface area contributed by atoms with Crippen molar-refractivity contribution >= 4 is 11.7 Å². The van der Waals surface area contributed by atoms with Gasteiger partial charge in [-0.2, -0.15) is 0 Å². The van der Waals surface area contributed by atoms with Crippen LogP contribution in [0.2, 0.25) is 0 Å². The number of carbonyl (C=O) groups excluding carboxylic acids is 1. The molecule has 27 heavy (non-hydrogen) atoms. The first-order chi connectivity index (χ1) is 13.2. The van der Waals surface area contributed by atoms with Crippen LogP contribution >= 0.6 is 0 Å². The summed E-state index contributed by atoms with van der Waals surface area (Å²) in [6.45, 7) is 3.38. The van der Waals surface area contributed by atoms with Gasteiger partial charge < -0.3 is 10.2 Å². The van der Waals surface area contributed by atoms with Crippen LogP contribution in [-0.2, 0) is 24.3 Å². The van der Waals surface area contributed by atoms with E-state index in [1.54, 1.807) is 19.3 Å². The highest BCUT2D eigenvalue weighted by atomic mass is 16.2. The fraction of sp³-hybridized carbons (Fsp3) is 0.250.